The third kappa shape index (κ3) is 3.75. The third-order valence-corrected chi connectivity index (χ3v) is 5.09. The van der Waals surface area contributed by atoms with Crippen LogP contribution in [0.25, 0.3) is 0 Å². The molecule has 106 valence electrons. The highest BCUT2D eigenvalue weighted by Gasteiger charge is 2.23. The zero-order chi connectivity index (χ0) is 13.9. The molecular formula is C13H21N3O2S. The fourth-order valence-electron chi connectivity index (χ4n) is 2.51. The van der Waals surface area contributed by atoms with Crippen LogP contribution in [0.15, 0.2) is 23.2 Å². The molecule has 1 aliphatic carbocycles. The van der Waals surface area contributed by atoms with Gasteiger partial charge in [0.1, 0.15) is 4.90 Å². The maximum atomic E-state index is 12.1. The molecule has 1 aromatic heterocycles. The molecule has 0 aliphatic heterocycles. The molecule has 0 amide bonds. The largest absolute Gasteiger partial charge is 0.325 e. The van der Waals surface area contributed by atoms with Crippen molar-refractivity contribution in [2.75, 3.05) is 6.54 Å². The zero-order valence-corrected chi connectivity index (χ0v) is 12.0. The molecule has 2 unspecified atom stereocenters. The number of nitrogens with one attached hydrogen (secondary N) is 1. The van der Waals surface area contributed by atoms with E-state index in [1.54, 1.807) is 12.1 Å². The topological polar surface area (TPSA) is 85.1 Å². The summed E-state index contributed by atoms with van der Waals surface area (Å²) in [6.45, 7) is 3.04. The van der Waals surface area contributed by atoms with E-state index in [4.69, 9.17) is 5.73 Å². The molecule has 1 saturated carbocycles. The summed E-state index contributed by atoms with van der Waals surface area (Å²) >= 11 is 0. The molecule has 0 aromatic carbocycles. The van der Waals surface area contributed by atoms with Crippen LogP contribution in [0.1, 0.15) is 31.9 Å². The van der Waals surface area contributed by atoms with E-state index in [0.717, 1.165) is 12.8 Å². The Kier molecular flexibility index (Phi) is 4.54. The summed E-state index contributed by atoms with van der Waals surface area (Å²) in [5, 5.41) is 0. The predicted molar refractivity (Wildman–Crippen MR) is 73.8 cm³/mol. The molecule has 5 nitrogen and oxygen atoms in total. The minimum atomic E-state index is -3.44. The van der Waals surface area contributed by atoms with Crippen LogP contribution in [0.2, 0.25) is 0 Å². The molecule has 0 radical (unpaired) electrons. The lowest BCUT2D eigenvalue weighted by Gasteiger charge is -2.11. The van der Waals surface area contributed by atoms with Gasteiger partial charge in [0.05, 0.1) is 5.69 Å². The summed E-state index contributed by atoms with van der Waals surface area (Å²) in [5.74, 6) is 1.17. The van der Waals surface area contributed by atoms with E-state index in [1.807, 2.05) is 0 Å². The van der Waals surface area contributed by atoms with Gasteiger partial charge in [0, 0.05) is 19.3 Å². The summed E-state index contributed by atoms with van der Waals surface area (Å²) in [7, 11) is -3.44. The molecule has 1 heterocycles. The minimum Gasteiger partial charge on any atom is -0.325 e. The first-order valence-electron chi connectivity index (χ1n) is 6.66. The second-order valence-electron chi connectivity index (χ2n) is 5.33. The van der Waals surface area contributed by atoms with Gasteiger partial charge in [-0.2, -0.15) is 0 Å². The second-order valence-corrected chi connectivity index (χ2v) is 7.09. The highest BCUT2D eigenvalue weighted by Crippen LogP contribution is 2.29. The van der Waals surface area contributed by atoms with Crippen molar-refractivity contribution in [3.8, 4) is 0 Å². The van der Waals surface area contributed by atoms with Gasteiger partial charge in [0.25, 0.3) is 0 Å². The van der Waals surface area contributed by atoms with Gasteiger partial charge in [0.2, 0.25) is 10.0 Å². The summed E-state index contributed by atoms with van der Waals surface area (Å²) in [4.78, 5) is 4.22. The van der Waals surface area contributed by atoms with Crippen LogP contribution in [0, 0.1) is 11.8 Å². The van der Waals surface area contributed by atoms with Crippen molar-refractivity contribution < 1.29 is 8.42 Å². The number of hydrogen-bond donors (Lipinski definition) is 2. The van der Waals surface area contributed by atoms with Gasteiger partial charge in [-0.15, -0.1) is 0 Å². The van der Waals surface area contributed by atoms with Gasteiger partial charge in [-0.25, -0.2) is 13.1 Å². The van der Waals surface area contributed by atoms with Crippen molar-refractivity contribution in [1.29, 1.82) is 0 Å². The van der Waals surface area contributed by atoms with E-state index in [2.05, 4.69) is 16.6 Å². The number of rotatable bonds is 5. The molecule has 1 aliphatic rings. The van der Waals surface area contributed by atoms with Crippen LogP contribution >= 0.6 is 0 Å². The first kappa shape index (κ1) is 14.4. The summed E-state index contributed by atoms with van der Waals surface area (Å²) in [6.07, 6.45) is 4.77. The molecule has 6 heteroatoms. The Bertz CT molecular complexity index is 513. The van der Waals surface area contributed by atoms with Gasteiger partial charge in [-0.05, 0) is 36.8 Å². The lowest BCUT2D eigenvalue weighted by molar-refractivity contribution is 0.498. The zero-order valence-electron chi connectivity index (χ0n) is 11.2. The van der Waals surface area contributed by atoms with Crippen molar-refractivity contribution in [2.24, 2.45) is 17.6 Å². The van der Waals surface area contributed by atoms with Gasteiger partial charge < -0.3 is 5.73 Å². The molecular weight excluding hydrogens is 262 g/mol. The lowest BCUT2D eigenvalue weighted by Crippen LogP contribution is -2.28. The van der Waals surface area contributed by atoms with Crippen LogP contribution in [0.4, 0.5) is 0 Å². The number of pyridine rings is 1. The van der Waals surface area contributed by atoms with Crippen LogP contribution in [-0.4, -0.2) is 19.9 Å². The average molecular weight is 283 g/mol. The maximum Gasteiger partial charge on any atom is 0.242 e. The van der Waals surface area contributed by atoms with Crippen molar-refractivity contribution in [1.82, 2.24) is 9.71 Å². The lowest BCUT2D eigenvalue weighted by atomic mass is 10.1. The Morgan fingerprint density at radius 3 is 2.74 bits per heavy atom. The molecule has 3 N–H and O–H groups in total. The molecule has 2 rings (SSSR count). The minimum absolute atomic E-state index is 0.204. The van der Waals surface area contributed by atoms with Crippen molar-refractivity contribution in [2.45, 2.75) is 37.6 Å². The monoisotopic (exact) mass is 283 g/mol. The Balaban J connectivity index is 1.97. The van der Waals surface area contributed by atoms with E-state index in [-0.39, 0.29) is 4.90 Å². The van der Waals surface area contributed by atoms with E-state index in [9.17, 15) is 8.42 Å². The van der Waals surface area contributed by atoms with Crippen molar-refractivity contribution >= 4 is 10.0 Å². The van der Waals surface area contributed by atoms with Gasteiger partial charge in [-0.1, -0.05) is 13.3 Å². The third-order valence-electron chi connectivity index (χ3n) is 3.68. The maximum absolute atomic E-state index is 12.1. The van der Waals surface area contributed by atoms with E-state index in [0.29, 0.717) is 30.6 Å². The van der Waals surface area contributed by atoms with Crippen LogP contribution in [0.5, 0.6) is 0 Å². The number of aromatic nitrogens is 1. The number of nitrogens with two attached hydrogens (primary N) is 1. The number of sulfonamides is 1. The summed E-state index contributed by atoms with van der Waals surface area (Å²) in [5.41, 5.74) is 6.12. The first-order chi connectivity index (χ1) is 9.01. The summed E-state index contributed by atoms with van der Waals surface area (Å²) < 4.78 is 26.9. The van der Waals surface area contributed by atoms with Gasteiger partial charge in [0.15, 0.2) is 0 Å². The van der Waals surface area contributed by atoms with E-state index >= 15 is 0 Å². The quantitative estimate of drug-likeness (QED) is 0.852. The normalized spacial score (nSPS) is 23.7. The van der Waals surface area contributed by atoms with Gasteiger partial charge in [-0.3, -0.25) is 4.98 Å². The molecule has 1 aromatic rings. The highest BCUT2D eigenvalue weighted by atomic mass is 32.2. The molecule has 0 bridgehead atoms. The average Bonchev–Trinajstić information content (AvgIpc) is 2.82. The van der Waals surface area contributed by atoms with Crippen molar-refractivity contribution in [3.63, 3.8) is 0 Å². The fraction of sp³-hybridized carbons (Fsp3) is 0.615. The Hall–Kier alpha value is -0.980. The highest BCUT2D eigenvalue weighted by molar-refractivity contribution is 7.89. The smallest absolute Gasteiger partial charge is 0.242 e. The predicted octanol–water partition coefficient (Wildman–Crippen LogP) is 1.25. The number of nitrogens with zero attached hydrogens (tertiary/aromatic N) is 1. The Morgan fingerprint density at radius 2 is 2.21 bits per heavy atom. The molecule has 0 saturated heterocycles. The number of hydrogen-bond acceptors (Lipinski definition) is 4. The molecule has 1 fully saturated rings. The van der Waals surface area contributed by atoms with E-state index in [1.165, 1.54) is 12.6 Å². The van der Waals surface area contributed by atoms with Gasteiger partial charge >= 0.3 is 0 Å². The molecule has 2 atom stereocenters. The molecule has 0 spiro atoms. The summed E-state index contributed by atoms with van der Waals surface area (Å²) in [6, 6.07) is 3.20. The standard InChI is InChI=1S/C13H21N3O2S/c1-10-2-3-11(6-10)8-16-19(17,18)13-5-4-12(7-14)15-9-13/h4-5,9-11,16H,2-3,6-8,14H2,1H3. The first-order valence-corrected chi connectivity index (χ1v) is 8.14. The second kappa shape index (κ2) is 5.98. The molecule has 19 heavy (non-hydrogen) atoms. The van der Waals surface area contributed by atoms with Crippen LogP contribution in [0.3, 0.4) is 0 Å². The fourth-order valence-corrected chi connectivity index (χ4v) is 3.57. The Morgan fingerprint density at radius 1 is 1.42 bits per heavy atom. The van der Waals surface area contributed by atoms with Crippen LogP contribution < -0.4 is 10.5 Å². The van der Waals surface area contributed by atoms with Crippen LogP contribution in [-0.2, 0) is 16.6 Å². The van der Waals surface area contributed by atoms with E-state index < -0.39 is 10.0 Å². The van der Waals surface area contributed by atoms with Crippen molar-refractivity contribution in [3.05, 3.63) is 24.0 Å². The SMILES string of the molecule is CC1CCC(CNS(=O)(=O)c2ccc(CN)nc2)C1. The Labute approximate surface area is 114 Å².